The van der Waals surface area contributed by atoms with Gasteiger partial charge >= 0.3 is 0 Å². The monoisotopic (exact) mass is 398 g/mol. The average Bonchev–Trinajstić information content (AvgIpc) is 3.11. The van der Waals surface area contributed by atoms with Gasteiger partial charge < -0.3 is 14.5 Å². The SMILES string of the molecule is CCN1CO/C(=C/c2ccc(N(c3ccc(C)cc3)c3ccc(C)cc3)cc2)C1=O. The molecule has 1 saturated heterocycles. The first-order valence-electron chi connectivity index (χ1n) is 10.2. The van der Waals surface area contributed by atoms with Crippen LogP contribution in [0.4, 0.5) is 17.1 Å². The van der Waals surface area contributed by atoms with E-state index in [4.69, 9.17) is 4.74 Å². The van der Waals surface area contributed by atoms with E-state index >= 15 is 0 Å². The van der Waals surface area contributed by atoms with Gasteiger partial charge in [-0.05, 0) is 68.8 Å². The van der Waals surface area contributed by atoms with Gasteiger partial charge in [0.2, 0.25) is 0 Å². The van der Waals surface area contributed by atoms with Gasteiger partial charge in [-0.3, -0.25) is 4.79 Å². The second kappa shape index (κ2) is 8.46. The smallest absolute Gasteiger partial charge is 0.291 e. The molecule has 0 N–H and O–H groups in total. The van der Waals surface area contributed by atoms with Crippen LogP contribution >= 0.6 is 0 Å². The number of aryl methyl sites for hydroxylation is 2. The van der Waals surface area contributed by atoms with Crippen LogP contribution in [0.15, 0.2) is 78.6 Å². The molecule has 0 aromatic heterocycles. The summed E-state index contributed by atoms with van der Waals surface area (Å²) in [5.41, 5.74) is 6.65. The molecular formula is C26H26N2O2. The summed E-state index contributed by atoms with van der Waals surface area (Å²) in [5, 5.41) is 0. The molecule has 1 heterocycles. The zero-order chi connectivity index (χ0) is 21.1. The Kier molecular flexibility index (Phi) is 5.57. The molecule has 0 spiro atoms. The van der Waals surface area contributed by atoms with Crippen molar-refractivity contribution in [2.24, 2.45) is 0 Å². The van der Waals surface area contributed by atoms with Gasteiger partial charge in [-0.2, -0.15) is 0 Å². The molecule has 0 aliphatic carbocycles. The minimum Gasteiger partial charge on any atom is -0.467 e. The first-order chi connectivity index (χ1) is 14.5. The number of nitrogens with zero attached hydrogens (tertiary/aromatic N) is 2. The third-order valence-electron chi connectivity index (χ3n) is 5.29. The predicted octanol–water partition coefficient (Wildman–Crippen LogP) is 5.95. The summed E-state index contributed by atoms with van der Waals surface area (Å²) in [5.74, 6) is 0.348. The third kappa shape index (κ3) is 4.08. The Hall–Kier alpha value is -3.53. The van der Waals surface area contributed by atoms with Crippen molar-refractivity contribution in [2.45, 2.75) is 20.8 Å². The van der Waals surface area contributed by atoms with Gasteiger partial charge in [0.05, 0.1) is 0 Å². The summed E-state index contributed by atoms with van der Waals surface area (Å²) in [6.45, 7) is 7.11. The van der Waals surface area contributed by atoms with E-state index in [2.05, 4.69) is 79.4 Å². The van der Waals surface area contributed by atoms with Crippen molar-refractivity contribution in [3.63, 3.8) is 0 Å². The summed E-state index contributed by atoms with van der Waals surface area (Å²) in [4.78, 5) is 16.2. The summed E-state index contributed by atoms with van der Waals surface area (Å²) in [7, 11) is 0. The molecule has 1 aliphatic rings. The van der Waals surface area contributed by atoms with Crippen molar-refractivity contribution < 1.29 is 9.53 Å². The van der Waals surface area contributed by atoms with Crippen LogP contribution in [0.3, 0.4) is 0 Å². The highest BCUT2D eigenvalue weighted by molar-refractivity contribution is 5.97. The Bertz CT molecular complexity index is 1010. The molecule has 0 atom stereocenters. The van der Waals surface area contributed by atoms with E-state index in [-0.39, 0.29) is 5.91 Å². The molecule has 1 amide bonds. The molecule has 1 fully saturated rings. The molecule has 4 nitrogen and oxygen atoms in total. The molecule has 4 heteroatoms. The second-order valence-electron chi connectivity index (χ2n) is 7.54. The van der Waals surface area contributed by atoms with E-state index in [1.165, 1.54) is 11.1 Å². The number of carbonyl (C=O) groups excluding carboxylic acids is 1. The van der Waals surface area contributed by atoms with Crippen LogP contribution in [0.2, 0.25) is 0 Å². The van der Waals surface area contributed by atoms with Crippen molar-refractivity contribution in [2.75, 3.05) is 18.2 Å². The third-order valence-corrected chi connectivity index (χ3v) is 5.29. The molecule has 0 bridgehead atoms. The first-order valence-corrected chi connectivity index (χ1v) is 10.2. The molecule has 3 aromatic rings. The Morgan fingerprint density at radius 3 is 1.73 bits per heavy atom. The summed E-state index contributed by atoms with van der Waals surface area (Å²) >= 11 is 0. The van der Waals surface area contributed by atoms with Crippen LogP contribution in [-0.2, 0) is 9.53 Å². The molecule has 152 valence electrons. The predicted molar refractivity (Wildman–Crippen MR) is 122 cm³/mol. The van der Waals surface area contributed by atoms with Gasteiger partial charge in [-0.1, -0.05) is 47.5 Å². The summed E-state index contributed by atoms with van der Waals surface area (Å²) in [6, 6.07) is 25.2. The molecule has 1 aliphatic heterocycles. The van der Waals surface area contributed by atoms with Gasteiger partial charge in [-0.25, -0.2) is 0 Å². The molecule has 0 radical (unpaired) electrons. The van der Waals surface area contributed by atoms with E-state index in [9.17, 15) is 4.79 Å². The normalized spacial score (nSPS) is 14.8. The highest BCUT2D eigenvalue weighted by atomic mass is 16.5. The van der Waals surface area contributed by atoms with Crippen molar-refractivity contribution in [3.8, 4) is 0 Å². The van der Waals surface area contributed by atoms with Crippen molar-refractivity contribution in [1.82, 2.24) is 4.90 Å². The van der Waals surface area contributed by atoms with Crippen molar-refractivity contribution in [3.05, 3.63) is 95.2 Å². The number of rotatable bonds is 5. The Morgan fingerprint density at radius 1 is 0.833 bits per heavy atom. The second-order valence-corrected chi connectivity index (χ2v) is 7.54. The molecule has 0 unspecified atom stereocenters. The maximum Gasteiger partial charge on any atom is 0.291 e. The minimum atomic E-state index is -0.0532. The highest BCUT2D eigenvalue weighted by Crippen LogP contribution is 2.35. The lowest BCUT2D eigenvalue weighted by Crippen LogP contribution is -2.24. The quantitative estimate of drug-likeness (QED) is 0.498. The Morgan fingerprint density at radius 2 is 1.30 bits per heavy atom. The van der Waals surface area contributed by atoms with Crippen LogP contribution in [0.25, 0.3) is 6.08 Å². The lowest BCUT2D eigenvalue weighted by atomic mass is 10.1. The van der Waals surface area contributed by atoms with E-state index < -0.39 is 0 Å². The fraction of sp³-hybridized carbons (Fsp3) is 0.192. The zero-order valence-corrected chi connectivity index (χ0v) is 17.6. The average molecular weight is 399 g/mol. The van der Waals surface area contributed by atoms with E-state index in [1.807, 2.05) is 25.1 Å². The number of amides is 1. The molecule has 30 heavy (non-hydrogen) atoms. The standard InChI is InChI=1S/C26H26N2O2/c1-4-27-18-30-25(26(27)29)17-21-9-15-24(16-10-21)28(22-11-5-19(2)6-12-22)23-13-7-20(3)8-14-23/h5-17H,4,18H2,1-3H3/b25-17+. The van der Waals surface area contributed by atoms with Gasteiger partial charge in [0, 0.05) is 23.6 Å². The van der Waals surface area contributed by atoms with E-state index in [0.717, 1.165) is 22.6 Å². The van der Waals surface area contributed by atoms with Crippen molar-refractivity contribution >= 4 is 29.0 Å². The number of carbonyl (C=O) groups is 1. The number of benzene rings is 3. The zero-order valence-electron chi connectivity index (χ0n) is 17.6. The Balaban J connectivity index is 1.67. The van der Waals surface area contributed by atoms with Crippen LogP contribution in [0, 0.1) is 13.8 Å². The van der Waals surface area contributed by atoms with Crippen LogP contribution < -0.4 is 4.90 Å². The lowest BCUT2D eigenvalue weighted by Gasteiger charge is -2.25. The van der Waals surface area contributed by atoms with Crippen molar-refractivity contribution in [1.29, 1.82) is 0 Å². The van der Waals surface area contributed by atoms with Crippen LogP contribution in [0.5, 0.6) is 0 Å². The fourth-order valence-electron chi connectivity index (χ4n) is 3.47. The topological polar surface area (TPSA) is 32.8 Å². The number of likely N-dealkylation sites (N-methyl/N-ethyl adjacent to an activating group) is 1. The van der Waals surface area contributed by atoms with Gasteiger partial charge in [0.25, 0.3) is 5.91 Å². The molecule has 3 aromatic carbocycles. The number of ether oxygens (including phenoxy) is 1. The van der Waals surface area contributed by atoms with E-state index in [1.54, 1.807) is 4.90 Å². The molecule has 4 rings (SSSR count). The number of hydrogen-bond acceptors (Lipinski definition) is 3. The number of anilines is 3. The highest BCUT2D eigenvalue weighted by Gasteiger charge is 2.26. The van der Waals surface area contributed by atoms with Gasteiger partial charge in [-0.15, -0.1) is 0 Å². The molecular weight excluding hydrogens is 372 g/mol. The van der Waals surface area contributed by atoms with E-state index in [0.29, 0.717) is 19.0 Å². The summed E-state index contributed by atoms with van der Waals surface area (Å²) in [6.07, 6.45) is 1.81. The largest absolute Gasteiger partial charge is 0.467 e. The molecule has 0 saturated carbocycles. The summed E-state index contributed by atoms with van der Waals surface area (Å²) < 4.78 is 5.54. The lowest BCUT2D eigenvalue weighted by molar-refractivity contribution is -0.124. The number of hydrogen-bond donors (Lipinski definition) is 0. The fourth-order valence-corrected chi connectivity index (χ4v) is 3.47. The van der Waals surface area contributed by atoms with Gasteiger partial charge in [0.15, 0.2) is 12.5 Å². The first kappa shape index (κ1) is 19.8. The van der Waals surface area contributed by atoms with Crippen LogP contribution in [0.1, 0.15) is 23.6 Å². The maximum atomic E-state index is 12.3. The van der Waals surface area contributed by atoms with Gasteiger partial charge in [0.1, 0.15) is 0 Å². The maximum absolute atomic E-state index is 12.3. The Labute approximate surface area is 178 Å². The minimum absolute atomic E-state index is 0.0532. The van der Waals surface area contributed by atoms with Crippen LogP contribution in [-0.4, -0.2) is 24.1 Å².